The van der Waals surface area contributed by atoms with Crippen LogP contribution in [0.2, 0.25) is 0 Å². The smallest absolute Gasteiger partial charge is 0.387 e. The quantitative estimate of drug-likeness (QED) is 0.0385. The summed E-state index contributed by atoms with van der Waals surface area (Å²) in [5, 5.41) is 25.3. The van der Waals surface area contributed by atoms with E-state index in [0.29, 0.717) is 0 Å². The monoisotopic (exact) mass is 868 g/mol. The van der Waals surface area contributed by atoms with Crippen LogP contribution in [0.3, 0.4) is 0 Å². The molecular weight excluding hydrogens is 820 g/mol. The first-order chi connectivity index (χ1) is 29.2. The molecule has 0 saturated carbocycles. The van der Waals surface area contributed by atoms with Crippen molar-refractivity contribution in [3.63, 3.8) is 0 Å². The normalized spacial score (nSPS) is 20.4. The third kappa shape index (κ3) is 9.58. The second kappa shape index (κ2) is 18.5. The maximum absolute atomic E-state index is 14.3. The van der Waals surface area contributed by atoms with Gasteiger partial charge in [0.1, 0.15) is 23.4 Å². The molecule has 1 saturated heterocycles. The molecule has 5 atom stereocenters. The highest BCUT2D eigenvalue weighted by atomic mass is 32.2. The van der Waals surface area contributed by atoms with Crippen LogP contribution >= 0.6 is 19.5 Å². The van der Waals surface area contributed by atoms with Gasteiger partial charge in [-0.2, -0.15) is 4.98 Å². The third-order valence-corrected chi connectivity index (χ3v) is 13.2. The molecule has 2 aromatic heterocycles. The Morgan fingerprint density at radius 2 is 1.51 bits per heavy atom. The summed E-state index contributed by atoms with van der Waals surface area (Å²) in [6.07, 6.45) is -2.78. The van der Waals surface area contributed by atoms with Crippen LogP contribution in [0.1, 0.15) is 49.3 Å². The van der Waals surface area contributed by atoms with Gasteiger partial charge in [-0.25, -0.2) is 14.6 Å². The Morgan fingerprint density at radius 1 is 0.951 bits per heavy atom. The Hall–Kier alpha value is -5.00. The van der Waals surface area contributed by atoms with Gasteiger partial charge >= 0.3 is 7.75 Å². The Bertz CT molecular complexity index is 2410. The molecule has 0 spiro atoms. The molecule has 15 nitrogen and oxygen atoms in total. The van der Waals surface area contributed by atoms with Crippen molar-refractivity contribution in [1.82, 2.24) is 24.6 Å². The largest absolute Gasteiger partial charge is 0.405 e. The summed E-state index contributed by atoms with van der Waals surface area (Å²) in [6, 6.07) is 39.0. The van der Waals surface area contributed by atoms with E-state index in [2.05, 4.69) is 20.0 Å². The molecule has 61 heavy (non-hydrogen) atoms. The summed E-state index contributed by atoms with van der Waals surface area (Å²) in [6.45, 7) is 4.56. The second-order valence-corrected chi connectivity index (χ2v) is 18.4. The zero-order valence-electron chi connectivity index (χ0n) is 33.9. The van der Waals surface area contributed by atoms with Crippen LogP contribution in [-0.2, 0) is 40.0 Å². The molecule has 1 fully saturated rings. The number of nitrogens with zero attached hydrogens (tertiary/aromatic N) is 3. The number of benzene rings is 4. The van der Waals surface area contributed by atoms with E-state index in [1.165, 1.54) is 17.8 Å². The molecule has 6 aromatic rings. The van der Waals surface area contributed by atoms with E-state index in [0.717, 1.165) is 34.0 Å². The summed E-state index contributed by atoms with van der Waals surface area (Å²) in [5.41, 5.74) is 4.80. The predicted molar refractivity (Wildman–Crippen MR) is 232 cm³/mol. The fourth-order valence-electron chi connectivity index (χ4n) is 7.18. The van der Waals surface area contributed by atoms with Crippen molar-refractivity contribution in [1.29, 1.82) is 0 Å². The van der Waals surface area contributed by atoms with Crippen LogP contribution in [0.5, 0.6) is 0 Å². The molecule has 0 aliphatic carbocycles. The maximum atomic E-state index is 14.3. The van der Waals surface area contributed by atoms with Gasteiger partial charge in [0.25, 0.3) is 5.56 Å². The Labute approximate surface area is 357 Å². The number of fused-ring (bicyclic) bond motifs is 1. The van der Waals surface area contributed by atoms with Crippen molar-refractivity contribution in [2.24, 2.45) is 5.41 Å². The van der Waals surface area contributed by atoms with Crippen LogP contribution < -0.4 is 16.4 Å². The van der Waals surface area contributed by atoms with Crippen LogP contribution in [0.4, 0.5) is 5.95 Å². The molecule has 1 aliphatic heterocycles. The van der Waals surface area contributed by atoms with Crippen molar-refractivity contribution in [2.45, 2.75) is 57.0 Å². The minimum Gasteiger partial charge on any atom is -0.387 e. The second-order valence-electron chi connectivity index (χ2n) is 15.5. The van der Waals surface area contributed by atoms with Crippen LogP contribution in [0.15, 0.2) is 132 Å². The standard InChI is InChI=1S/C44H49N6O9PS/c1-42(2,28-56-44(31-18-10-5-11-19-31,32-20-12-6-13-21-32)33-22-14-7-15-23-33)40(53)61-25-24-57-60(55,47-26-30-16-8-4-9-17-30)58-27-34-36(51)43(3,54)39(59-34)50-29-46-35-37(50)48-41(45)49-38(35)52/h4-23,29,34,36,39,51,54H,24-28H2,1-3H3,(H,47,55)(H3,45,48,49,52)/t34-,36-,39-,43-,60?/m1/s1. The Balaban J connectivity index is 1.02. The molecule has 6 N–H and O–H groups in total. The average molecular weight is 869 g/mol. The summed E-state index contributed by atoms with van der Waals surface area (Å²) >= 11 is 1.03. The van der Waals surface area contributed by atoms with Gasteiger partial charge in [-0.15, -0.1) is 0 Å². The van der Waals surface area contributed by atoms with Crippen LogP contribution in [0.25, 0.3) is 11.2 Å². The van der Waals surface area contributed by atoms with Crippen molar-refractivity contribution < 1.29 is 38.1 Å². The summed E-state index contributed by atoms with van der Waals surface area (Å²) < 4.78 is 40.3. The number of thioether (sulfide) groups is 1. The van der Waals surface area contributed by atoms with Gasteiger partial charge in [-0.1, -0.05) is 133 Å². The van der Waals surface area contributed by atoms with Crippen LogP contribution in [0, 0.1) is 5.41 Å². The SMILES string of the molecule is CC(C)(COC(c1ccccc1)(c1ccccc1)c1ccccc1)C(=O)SCCOP(=O)(NCc1ccccc1)OC[C@H]1O[C@@H](n2cnc3c(=O)[nH]c(N)nc32)[C@](C)(O)[C@@H]1O. The van der Waals surface area contributed by atoms with E-state index in [-0.39, 0.29) is 47.7 Å². The molecule has 1 aliphatic rings. The predicted octanol–water partition coefficient (Wildman–Crippen LogP) is 5.94. The number of aromatic amines is 1. The van der Waals surface area contributed by atoms with E-state index < -0.39 is 55.0 Å². The van der Waals surface area contributed by atoms with Gasteiger partial charge in [0.05, 0.1) is 31.6 Å². The summed E-state index contributed by atoms with van der Waals surface area (Å²) in [5.74, 6) is -0.0422. The summed E-state index contributed by atoms with van der Waals surface area (Å²) in [7, 11) is -4.14. The number of H-pyrrole nitrogens is 1. The maximum Gasteiger partial charge on any atom is 0.405 e. The van der Waals surface area contributed by atoms with Gasteiger partial charge in [0.2, 0.25) is 5.95 Å². The Kier molecular flexibility index (Phi) is 13.4. The molecule has 1 unspecified atom stereocenters. The van der Waals surface area contributed by atoms with E-state index in [1.54, 1.807) is 0 Å². The number of aliphatic hydroxyl groups excluding tert-OH is 1. The number of aliphatic hydroxyl groups is 2. The zero-order valence-corrected chi connectivity index (χ0v) is 35.6. The number of hydrogen-bond acceptors (Lipinski definition) is 13. The van der Waals surface area contributed by atoms with Gasteiger partial charge in [-0.05, 0) is 43.0 Å². The molecular formula is C44H49N6O9PS. The minimum absolute atomic E-state index is 0.0310. The first kappa shape index (κ1) is 44.1. The Morgan fingerprint density at radius 3 is 2.08 bits per heavy atom. The number of aromatic nitrogens is 4. The fourth-order valence-corrected chi connectivity index (χ4v) is 9.41. The first-order valence-corrected chi connectivity index (χ1v) is 22.2. The van der Waals surface area contributed by atoms with Gasteiger partial charge in [0.15, 0.2) is 22.5 Å². The number of nitrogen functional groups attached to an aromatic ring is 1. The molecule has 4 aromatic carbocycles. The zero-order chi connectivity index (χ0) is 43.3. The molecule has 3 heterocycles. The first-order valence-electron chi connectivity index (χ1n) is 19.7. The molecule has 7 rings (SSSR count). The molecule has 0 bridgehead atoms. The van der Waals surface area contributed by atoms with Gasteiger partial charge in [0, 0.05) is 12.3 Å². The lowest BCUT2D eigenvalue weighted by Crippen LogP contribution is -2.44. The van der Waals surface area contributed by atoms with Crippen molar-refractivity contribution >= 4 is 41.7 Å². The van der Waals surface area contributed by atoms with E-state index in [1.807, 2.05) is 135 Å². The summed E-state index contributed by atoms with van der Waals surface area (Å²) in [4.78, 5) is 36.8. The minimum atomic E-state index is -4.14. The van der Waals surface area contributed by atoms with E-state index >= 15 is 0 Å². The van der Waals surface area contributed by atoms with E-state index in [9.17, 15) is 24.4 Å². The lowest BCUT2D eigenvalue weighted by atomic mass is 9.79. The molecule has 0 amide bonds. The average Bonchev–Trinajstić information content (AvgIpc) is 3.79. The van der Waals surface area contributed by atoms with Crippen molar-refractivity contribution in [2.75, 3.05) is 31.3 Å². The molecule has 17 heteroatoms. The fraction of sp³-hybridized carbons (Fsp3) is 0.318. The number of imidazole rings is 1. The topological polar surface area (TPSA) is 213 Å². The van der Waals surface area contributed by atoms with Gasteiger partial charge in [-0.3, -0.25) is 28.2 Å². The van der Waals surface area contributed by atoms with Crippen LogP contribution in [-0.4, -0.2) is 78.2 Å². The third-order valence-electron chi connectivity index (χ3n) is 10.5. The van der Waals surface area contributed by atoms with Crippen molar-refractivity contribution in [3.05, 3.63) is 160 Å². The highest BCUT2D eigenvalue weighted by Gasteiger charge is 2.54. The number of carbonyl (C=O) groups excluding carboxylic acids is 1. The lowest BCUT2D eigenvalue weighted by Gasteiger charge is -2.38. The number of ether oxygens (including phenoxy) is 2. The van der Waals surface area contributed by atoms with Crippen molar-refractivity contribution in [3.8, 4) is 0 Å². The number of hydrogen-bond donors (Lipinski definition) is 5. The number of rotatable bonds is 18. The molecule has 320 valence electrons. The van der Waals surface area contributed by atoms with E-state index in [4.69, 9.17) is 24.3 Å². The highest BCUT2D eigenvalue weighted by Crippen LogP contribution is 2.47. The number of carbonyl (C=O) groups is 1. The number of nitrogens with two attached hydrogens (primary N) is 1. The number of nitrogens with one attached hydrogen (secondary N) is 2. The van der Waals surface area contributed by atoms with Gasteiger partial charge < -0.3 is 25.4 Å². The molecule has 0 radical (unpaired) electrons. The lowest BCUT2D eigenvalue weighted by molar-refractivity contribution is -0.124. The highest BCUT2D eigenvalue weighted by molar-refractivity contribution is 8.13. The number of anilines is 1.